The minimum Gasteiger partial charge on any atom is -0.444 e. The van der Waals surface area contributed by atoms with Crippen LogP contribution in [0.4, 0.5) is 9.59 Å². The van der Waals surface area contributed by atoms with E-state index in [9.17, 15) is 9.59 Å². The van der Waals surface area contributed by atoms with Gasteiger partial charge in [-0.3, -0.25) is 0 Å². The number of alkyl carbamates (subject to hydrolysis) is 2. The predicted molar refractivity (Wildman–Crippen MR) is 256 cm³/mol. The van der Waals surface area contributed by atoms with Gasteiger partial charge in [0, 0.05) is 18.1 Å². The summed E-state index contributed by atoms with van der Waals surface area (Å²) in [7, 11) is -1.31. The lowest BCUT2D eigenvalue weighted by atomic mass is 9.49. The number of carbonyl (C=O) groups is 2. The molecule has 7 rings (SSSR count). The molecule has 0 spiro atoms. The van der Waals surface area contributed by atoms with Crippen LogP contribution in [0, 0.1) is 0 Å². The van der Waals surface area contributed by atoms with Crippen molar-refractivity contribution in [3.63, 3.8) is 0 Å². The topological polar surface area (TPSA) is 132 Å². The molecule has 64 heavy (non-hydrogen) atoms. The molecule has 0 bridgehead atoms. The number of hydrogen-bond acceptors (Lipinski definition) is 10. The zero-order chi connectivity index (χ0) is 48.1. The Hall–Kier alpha value is -2.78. The Kier molecular flexibility index (Phi) is 15.3. The third-order valence-electron chi connectivity index (χ3n) is 13.2. The molecule has 2 N–H and O–H groups in total. The molecule has 12 nitrogen and oxygen atoms in total. The van der Waals surface area contributed by atoms with Crippen LogP contribution in [0.15, 0.2) is 36.4 Å². The fraction of sp³-hybridized carbons (Fsp3) is 0.708. The van der Waals surface area contributed by atoms with E-state index < -0.39 is 25.2 Å². The predicted octanol–water partition coefficient (Wildman–Crippen LogP) is 10.4. The van der Waals surface area contributed by atoms with Gasteiger partial charge in [0.05, 0.1) is 33.6 Å². The van der Waals surface area contributed by atoms with Gasteiger partial charge in [-0.1, -0.05) is 35.9 Å². The largest absolute Gasteiger partial charge is 0.494 e. The molecule has 3 saturated heterocycles. The molecular weight excluding hydrogens is 832 g/mol. The van der Waals surface area contributed by atoms with Gasteiger partial charge in [0.1, 0.15) is 11.2 Å². The van der Waals surface area contributed by atoms with E-state index in [1.165, 1.54) is 36.8 Å². The molecule has 2 aliphatic carbocycles. The summed E-state index contributed by atoms with van der Waals surface area (Å²) >= 11 is 6.03. The minimum absolute atomic E-state index is 0.353. The van der Waals surface area contributed by atoms with Crippen LogP contribution in [-0.2, 0) is 50.5 Å². The van der Waals surface area contributed by atoms with Crippen LogP contribution in [0.1, 0.15) is 184 Å². The Morgan fingerprint density at radius 1 is 0.562 bits per heavy atom. The van der Waals surface area contributed by atoms with Gasteiger partial charge >= 0.3 is 33.3 Å². The SMILES string of the molecule is CC(C)(C)OC(=O)NCc1ccc(B2OC(C)(C)C(C)(C)O2)cc1C1CC1.CC(C)(C)OC(=O)NCc1ccc(Cl)cc1C1CC1.CC1(C)OB(B2OC(C)(C)C(C)(C)O2)OC1(C)C. The molecule has 0 aromatic heterocycles. The lowest BCUT2D eigenvalue weighted by Gasteiger charge is -2.32. The summed E-state index contributed by atoms with van der Waals surface area (Å²) in [5.41, 5.74) is 2.71. The highest BCUT2D eigenvalue weighted by Gasteiger charge is 2.63. The standard InChI is InChI=1S/C21H32BNO4.C15H20ClNO2.C12H24B2O4/c1-19(2,3)25-18(24)23-13-15-10-11-16(12-17(15)14-8-9-14)22-26-20(4,5)21(6,7)27-22;1-15(2,3)19-14(18)17-9-11-6-7-12(16)8-13(11)10-4-5-10;1-9(2)10(3,4)16-13(15-9)14-17-11(5,6)12(7,8)18-14/h10-12,14H,8-9,13H2,1-7H3,(H,23,24);6-8,10H,4-5,9H2,1-3H3,(H,17,18);1-8H3. The van der Waals surface area contributed by atoms with Crippen molar-refractivity contribution in [1.82, 2.24) is 10.6 Å². The second kappa shape index (κ2) is 18.7. The van der Waals surface area contributed by atoms with Crippen LogP contribution in [0.2, 0.25) is 5.02 Å². The van der Waals surface area contributed by atoms with Crippen LogP contribution in [0.25, 0.3) is 0 Å². The molecule has 3 heterocycles. The van der Waals surface area contributed by atoms with Crippen LogP contribution in [-0.4, -0.2) is 78.1 Å². The summed E-state index contributed by atoms with van der Waals surface area (Å²) < 4.78 is 46.8. The average Bonchev–Trinajstić information content (AvgIpc) is 4.05. The molecule has 5 aliphatic rings. The molecule has 2 amide bonds. The maximum absolute atomic E-state index is 12.0. The zero-order valence-corrected chi connectivity index (χ0v) is 42.8. The smallest absolute Gasteiger partial charge is 0.444 e. The normalized spacial score (nSPS) is 22.5. The fourth-order valence-corrected chi connectivity index (χ4v) is 7.32. The Morgan fingerprint density at radius 2 is 0.891 bits per heavy atom. The van der Waals surface area contributed by atoms with E-state index in [-0.39, 0.29) is 52.9 Å². The highest BCUT2D eigenvalue weighted by Crippen LogP contribution is 2.45. The number of amides is 2. The maximum Gasteiger partial charge on any atom is 0.494 e. The quantitative estimate of drug-likeness (QED) is 0.247. The molecule has 0 radical (unpaired) electrons. The fourth-order valence-electron chi connectivity index (χ4n) is 7.14. The Labute approximate surface area is 390 Å². The van der Waals surface area contributed by atoms with Gasteiger partial charge in [0.2, 0.25) is 0 Å². The van der Waals surface area contributed by atoms with E-state index in [0.29, 0.717) is 24.9 Å². The molecule has 0 unspecified atom stereocenters. The molecule has 2 aromatic carbocycles. The van der Waals surface area contributed by atoms with E-state index in [1.807, 2.05) is 121 Å². The van der Waals surface area contributed by atoms with Crippen molar-refractivity contribution in [3.8, 4) is 0 Å². The van der Waals surface area contributed by atoms with Crippen LogP contribution in [0.3, 0.4) is 0 Å². The number of benzene rings is 2. The first kappa shape index (κ1) is 52.2. The maximum atomic E-state index is 12.0. The lowest BCUT2D eigenvalue weighted by Crippen LogP contribution is -2.41. The third-order valence-corrected chi connectivity index (χ3v) is 13.5. The summed E-state index contributed by atoms with van der Waals surface area (Å²) in [4.78, 5) is 23.6. The van der Waals surface area contributed by atoms with E-state index in [0.717, 1.165) is 21.6 Å². The van der Waals surface area contributed by atoms with E-state index in [1.54, 1.807) is 0 Å². The summed E-state index contributed by atoms with van der Waals surface area (Å²) in [6, 6.07) is 12.1. The second-order valence-corrected chi connectivity index (χ2v) is 23.3. The van der Waals surface area contributed by atoms with Crippen molar-refractivity contribution in [2.24, 2.45) is 0 Å². The van der Waals surface area contributed by atoms with Gasteiger partial charge in [0.15, 0.2) is 0 Å². The second-order valence-electron chi connectivity index (χ2n) is 22.9. The Morgan fingerprint density at radius 3 is 1.23 bits per heavy atom. The third kappa shape index (κ3) is 13.4. The van der Waals surface area contributed by atoms with Crippen molar-refractivity contribution in [2.75, 3.05) is 0 Å². The van der Waals surface area contributed by atoms with E-state index >= 15 is 0 Å². The molecule has 2 aromatic rings. The van der Waals surface area contributed by atoms with Gasteiger partial charge in [0.25, 0.3) is 0 Å². The molecule has 354 valence electrons. The Bertz CT molecular complexity index is 1900. The monoisotopic (exact) mass is 909 g/mol. The van der Waals surface area contributed by atoms with Crippen molar-refractivity contribution >= 4 is 50.4 Å². The van der Waals surface area contributed by atoms with Crippen LogP contribution in [0.5, 0.6) is 0 Å². The summed E-state index contributed by atoms with van der Waals surface area (Å²) in [5, 5.41) is 6.42. The number of hydrogen-bond donors (Lipinski definition) is 2. The highest BCUT2D eigenvalue weighted by atomic mass is 35.5. The van der Waals surface area contributed by atoms with E-state index in [4.69, 9.17) is 49.0 Å². The summed E-state index contributed by atoms with van der Waals surface area (Å²) in [5.74, 6) is 1.16. The molecule has 16 heteroatoms. The average molecular weight is 909 g/mol. The summed E-state index contributed by atoms with van der Waals surface area (Å²) in [6.07, 6.45) is 4.02. The summed E-state index contributed by atoms with van der Waals surface area (Å²) in [6.45, 7) is 36.6. The number of halogens is 1. The van der Waals surface area contributed by atoms with Crippen molar-refractivity contribution in [1.29, 1.82) is 0 Å². The Balaban J connectivity index is 0.000000186. The molecule has 0 atom stereocenters. The molecular formula is C48H76B3ClN2O10. The van der Waals surface area contributed by atoms with Gasteiger partial charge < -0.3 is 48.0 Å². The number of rotatable bonds is 8. The first-order valence-corrected chi connectivity index (χ1v) is 23.4. The van der Waals surface area contributed by atoms with Crippen molar-refractivity contribution < 1.29 is 47.0 Å². The number of carbonyl (C=O) groups excluding carboxylic acids is 2. The van der Waals surface area contributed by atoms with E-state index in [2.05, 4.69) is 50.5 Å². The molecule has 5 fully saturated rings. The van der Waals surface area contributed by atoms with Gasteiger partial charge in [-0.15, -0.1) is 0 Å². The van der Waals surface area contributed by atoms with Crippen molar-refractivity contribution in [2.45, 2.75) is 220 Å². The highest BCUT2D eigenvalue weighted by molar-refractivity contribution is 7.11. The molecule has 3 aliphatic heterocycles. The van der Waals surface area contributed by atoms with Gasteiger partial charge in [-0.2, -0.15) is 0 Å². The zero-order valence-electron chi connectivity index (χ0n) is 42.1. The van der Waals surface area contributed by atoms with Gasteiger partial charge in [-0.05, 0) is 202 Å². The lowest BCUT2D eigenvalue weighted by molar-refractivity contribution is 0.00578. The van der Waals surface area contributed by atoms with Crippen LogP contribution < -0.4 is 16.1 Å². The number of nitrogens with one attached hydrogen (secondary N) is 2. The molecule has 2 saturated carbocycles. The van der Waals surface area contributed by atoms with Crippen LogP contribution >= 0.6 is 11.6 Å². The van der Waals surface area contributed by atoms with Crippen molar-refractivity contribution in [3.05, 3.63) is 63.7 Å². The minimum atomic E-state index is -0.496. The first-order valence-electron chi connectivity index (χ1n) is 23.0. The number of ether oxygens (including phenoxy) is 2. The first-order chi connectivity index (χ1) is 29.1. The van der Waals surface area contributed by atoms with Gasteiger partial charge in [-0.25, -0.2) is 9.59 Å².